The van der Waals surface area contributed by atoms with Gasteiger partial charge in [0.05, 0.1) is 25.9 Å². The molecule has 2 aromatic carbocycles. The molecular formula is C22H26O3. The molecule has 3 nitrogen and oxygen atoms in total. The summed E-state index contributed by atoms with van der Waals surface area (Å²) in [5, 5.41) is 0. The van der Waals surface area contributed by atoms with E-state index in [2.05, 4.69) is 31.2 Å². The van der Waals surface area contributed by atoms with Gasteiger partial charge in [0, 0.05) is 12.0 Å². The molecule has 0 saturated carbocycles. The molecule has 1 fully saturated rings. The van der Waals surface area contributed by atoms with Gasteiger partial charge in [0.25, 0.3) is 0 Å². The highest BCUT2D eigenvalue weighted by molar-refractivity contribution is 5.16. The first-order valence-electron chi connectivity index (χ1n) is 8.93. The van der Waals surface area contributed by atoms with E-state index in [0.717, 1.165) is 12.0 Å². The minimum absolute atomic E-state index is 0.0931. The molecule has 1 aliphatic rings. The number of hydrogen-bond donors (Lipinski definition) is 0. The zero-order chi connectivity index (χ0) is 17.3. The molecule has 3 heteroatoms. The zero-order valence-electron chi connectivity index (χ0n) is 14.7. The van der Waals surface area contributed by atoms with Gasteiger partial charge in [0.2, 0.25) is 0 Å². The van der Waals surface area contributed by atoms with E-state index in [4.69, 9.17) is 14.2 Å². The van der Waals surface area contributed by atoms with Crippen molar-refractivity contribution in [3.8, 4) is 0 Å². The van der Waals surface area contributed by atoms with Crippen molar-refractivity contribution >= 4 is 0 Å². The Morgan fingerprint density at radius 2 is 1.80 bits per heavy atom. The first kappa shape index (κ1) is 17.9. The molecule has 0 aliphatic carbocycles. The first-order valence-corrected chi connectivity index (χ1v) is 8.93. The Labute approximate surface area is 150 Å². The fraction of sp³-hybridized carbons (Fsp3) is 0.364. The third kappa shape index (κ3) is 5.82. The standard InChI is InChI=1S/C22H26O3/c1-18(16-23-17-19-8-4-2-5-9-19)12-13-21-14-15-24-22(25-21)20-10-6-3-7-11-20/h2-13,18,21-22H,14-17H2,1H3/b13-12+/t18-,21+,22?/m0/s1. The van der Waals surface area contributed by atoms with Crippen LogP contribution in [0, 0.1) is 5.92 Å². The topological polar surface area (TPSA) is 27.7 Å². The molecule has 1 saturated heterocycles. The third-order valence-electron chi connectivity index (χ3n) is 4.19. The third-order valence-corrected chi connectivity index (χ3v) is 4.19. The molecule has 1 heterocycles. The van der Waals surface area contributed by atoms with Gasteiger partial charge in [-0.3, -0.25) is 0 Å². The second-order valence-electron chi connectivity index (χ2n) is 6.44. The molecule has 0 radical (unpaired) electrons. The Kier molecular flexibility index (Phi) is 6.80. The second kappa shape index (κ2) is 9.52. The van der Waals surface area contributed by atoms with Crippen molar-refractivity contribution in [2.75, 3.05) is 13.2 Å². The van der Waals surface area contributed by atoms with Crippen molar-refractivity contribution in [3.05, 3.63) is 83.9 Å². The maximum atomic E-state index is 6.05. The molecule has 2 aromatic rings. The van der Waals surface area contributed by atoms with Crippen LogP contribution in [0.25, 0.3) is 0 Å². The van der Waals surface area contributed by atoms with Gasteiger partial charge >= 0.3 is 0 Å². The van der Waals surface area contributed by atoms with E-state index >= 15 is 0 Å². The Bertz CT molecular complexity index is 639. The quantitative estimate of drug-likeness (QED) is 0.672. The summed E-state index contributed by atoms with van der Waals surface area (Å²) in [6.07, 6.45) is 5.04. The molecule has 25 heavy (non-hydrogen) atoms. The van der Waals surface area contributed by atoms with Crippen LogP contribution in [-0.2, 0) is 20.8 Å². The summed E-state index contributed by atoms with van der Waals surface area (Å²) >= 11 is 0. The lowest BCUT2D eigenvalue weighted by molar-refractivity contribution is -0.204. The highest BCUT2D eigenvalue weighted by Crippen LogP contribution is 2.26. The molecule has 3 rings (SSSR count). The maximum Gasteiger partial charge on any atom is 0.184 e. The number of hydrogen-bond acceptors (Lipinski definition) is 3. The minimum atomic E-state index is -0.269. The van der Waals surface area contributed by atoms with E-state index in [1.165, 1.54) is 5.56 Å². The average Bonchev–Trinajstić information content (AvgIpc) is 2.68. The van der Waals surface area contributed by atoms with Crippen LogP contribution in [0.1, 0.15) is 30.8 Å². The summed E-state index contributed by atoms with van der Waals surface area (Å²) in [7, 11) is 0. The summed E-state index contributed by atoms with van der Waals surface area (Å²) < 4.78 is 17.6. The second-order valence-corrected chi connectivity index (χ2v) is 6.44. The van der Waals surface area contributed by atoms with Crippen LogP contribution in [0.4, 0.5) is 0 Å². The normalized spacial score (nSPS) is 22.1. The Hall–Kier alpha value is -1.94. The highest BCUT2D eigenvalue weighted by atomic mass is 16.7. The summed E-state index contributed by atoms with van der Waals surface area (Å²) in [6.45, 7) is 4.24. The van der Waals surface area contributed by atoms with E-state index in [1.807, 2.05) is 48.5 Å². The Morgan fingerprint density at radius 3 is 2.56 bits per heavy atom. The number of rotatable bonds is 7. The Morgan fingerprint density at radius 1 is 1.08 bits per heavy atom. The van der Waals surface area contributed by atoms with Crippen LogP contribution >= 0.6 is 0 Å². The van der Waals surface area contributed by atoms with Gasteiger partial charge in [-0.25, -0.2) is 0 Å². The van der Waals surface area contributed by atoms with Gasteiger partial charge < -0.3 is 14.2 Å². The van der Waals surface area contributed by atoms with Gasteiger partial charge in [0.15, 0.2) is 6.29 Å². The predicted octanol–water partition coefficient (Wildman–Crippen LogP) is 4.90. The van der Waals surface area contributed by atoms with E-state index in [1.54, 1.807) is 0 Å². The highest BCUT2D eigenvalue weighted by Gasteiger charge is 2.22. The summed E-state index contributed by atoms with van der Waals surface area (Å²) in [4.78, 5) is 0. The van der Waals surface area contributed by atoms with Crippen LogP contribution in [0.2, 0.25) is 0 Å². The smallest absolute Gasteiger partial charge is 0.184 e. The van der Waals surface area contributed by atoms with Crippen LogP contribution in [0.15, 0.2) is 72.8 Å². The fourth-order valence-corrected chi connectivity index (χ4v) is 2.79. The van der Waals surface area contributed by atoms with Crippen molar-refractivity contribution in [2.24, 2.45) is 5.92 Å². The summed E-state index contributed by atoms with van der Waals surface area (Å²) in [6, 6.07) is 20.3. The summed E-state index contributed by atoms with van der Waals surface area (Å²) in [5.41, 5.74) is 2.27. The maximum absolute atomic E-state index is 6.05. The average molecular weight is 338 g/mol. The molecular weight excluding hydrogens is 312 g/mol. The van der Waals surface area contributed by atoms with Crippen molar-refractivity contribution in [3.63, 3.8) is 0 Å². The molecule has 1 unspecified atom stereocenters. The van der Waals surface area contributed by atoms with E-state index in [0.29, 0.717) is 25.7 Å². The van der Waals surface area contributed by atoms with E-state index in [-0.39, 0.29) is 12.4 Å². The molecule has 0 spiro atoms. The molecule has 132 valence electrons. The molecule has 0 N–H and O–H groups in total. The van der Waals surface area contributed by atoms with Crippen LogP contribution in [0.5, 0.6) is 0 Å². The molecule has 0 bridgehead atoms. The van der Waals surface area contributed by atoms with Gasteiger partial charge in [0.1, 0.15) is 0 Å². The van der Waals surface area contributed by atoms with Gasteiger partial charge in [-0.15, -0.1) is 0 Å². The van der Waals surface area contributed by atoms with Crippen LogP contribution in [0.3, 0.4) is 0 Å². The first-order chi connectivity index (χ1) is 12.3. The van der Waals surface area contributed by atoms with Crippen molar-refractivity contribution in [2.45, 2.75) is 32.3 Å². The number of ether oxygens (including phenoxy) is 3. The molecule has 1 aliphatic heterocycles. The lowest BCUT2D eigenvalue weighted by Crippen LogP contribution is -2.25. The fourth-order valence-electron chi connectivity index (χ4n) is 2.79. The van der Waals surface area contributed by atoms with Crippen molar-refractivity contribution in [1.29, 1.82) is 0 Å². The zero-order valence-corrected chi connectivity index (χ0v) is 14.7. The van der Waals surface area contributed by atoms with Gasteiger partial charge in [-0.1, -0.05) is 79.7 Å². The van der Waals surface area contributed by atoms with E-state index in [9.17, 15) is 0 Å². The lowest BCUT2D eigenvalue weighted by atomic mass is 10.1. The summed E-state index contributed by atoms with van der Waals surface area (Å²) in [5.74, 6) is 0.352. The number of benzene rings is 2. The van der Waals surface area contributed by atoms with Crippen molar-refractivity contribution in [1.82, 2.24) is 0 Å². The van der Waals surface area contributed by atoms with Crippen molar-refractivity contribution < 1.29 is 14.2 Å². The van der Waals surface area contributed by atoms with Crippen LogP contribution in [-0.4, -0.2) is 19.3 Å². The Balaban J connectivity index is 1.43. The largest absolute Gasteiger partial charge is 0.376 e. The van der Waals surface area contributed by atoms with Crippen LogP contribution < -0.4 is 0 Å². The SMILES string of the molecule is C[C@@H](/C=C/[C@@H]1CCOC(c2ccccc2)O1)COCc1ccccc1. The molecule has 0 amide bonds. The van der Waals surface area contributed by atoms with Gasteiger partial charge in [-0.2, -0.15) is 0 Å². The molecule has 0 aromatic heterocycles. The van der Waals surface area contributed by atoms with Gasteiger partial charge in [-0.05, 0) is 11.5 Å². The predicted molar refractivity (Wildman–Crippen MR) is 99.0 cm³/mol. The lowest BCUT2D eigenvalue weighted by Gasteiger charge is -2.29. The monoisotopic (exact) mass is 338 g/mol. The minimum Gasteiger partial charge on any atom is -0.376 e. The van der Waals surface area contributed by atoms with E-state index < -0.39 is 0 Å². The molecule has 3 atom stereocenters.